The number of phenols is 1. The maximum absolute atomic E-state index is 12.4. The first-order valence-corrected chi connectivity index (χ1v) is 10.2. The van der Waals surface area contributed by atoms with Crippen molar-refractivity contribution in [2.75, 3.05) is 4.90 Å². The van der Waals surface area contributed by atoms with E-state index in [1.807, 2.05) is 48.7 Å². The molecule has 0 unspecified atom stereocenters. The van der Waals surface area contributed by atoms with Crippen LogP contribution in [0.15, 0.2) is 48.5 Å². The summed E-state index contributed by atoms with van der Waals surface area (Å²) in [4.78, 5) is 25.3. The van der Waals surface area contributed by atoms with E-state index in [0.29, 0.717) is 18.2 Å². The maximum atomic E-state index is 12.4. The standard InChI is InChI=1S/C25H28N2O4/c1-15(2)19-6-8-21(9-7-19)26(18(5)28)14-20-12-16(3)27(17(20)4)22-10-11-23(25(30)31)24(29)13-22/h6-13,15,29H,14H2,1-5H3,(H,30,31). The number of hydrogen-bond acceptors (Lipinski definition) is 3. The Morgan fingerprint density at radius 3 is 2.19 bits per heavy atom. The third kappa shape index (κ3) is 4.48. The van der Waals surface area contributed by atoms with Gasteiger partial charge in [-0.05, 0) is 61.2 Å². The summed E-state index contributed by atoms with van der Waals surface area (Å²) in [5.74, 6) is -1.09. The third-order valence-corrected chi connectivity index (χ3v) is 5.59. The van der Waals surface area contributed by atoms with Crippen molar-refractivity contribution >= 4 is 17.6 Å². The molecule has 0 aliphatic heterocycles. The Balaban J connectivity index is 1.96. The molecule has 1 amide bonds. The summed E-state index contributed by atoms with van der Waals surface area (Å²) in [5, 5.41) is 19.2. The van der Waals surface area contributed by atoms with Crippen LogP contribution in [0.2, 0.25) is 0 Å². The van der Waals surface area contributed by atoms with Crippen LogP contribution in [0.4, 0.5) is 5.69 Å². The molecule has 6 nitrogen and oxygen atoms in total. The molecule has 1 heterocycles. The van der Waals surface area contributed by atoms with Gasteiger partial charge in [0, 0.05) is 35.8 Å². The van der Waals surface area contributed by atoms with Gasteiger partial charge in [0.2, 0.25) is 5.91 Å². The molecular weight excluding hydrogens is 392 g/mol. The number of rotatable bonds is 6. The molecule has 2 N–H and O–H groups in total. The lowest BCUT2D eigenvalue weighted by Crippen LogP contribution is -2.28. The highest BCUT2D eigenvalue weighted by Gasteiger charge is 2.19. The second kappa shape index (κ2) is 8.68. The first-order valence-electron chi connectivity index (χ1n) is 10.2. The lowest BCUT2D eigenvalue weighted by Gasteiger charge is -2.22. The molecular formula is C25H28N2O4. The Hall–Kier alpha value is -3.54. The smallest absolute Gasteiger partial charge is 0.339 e. The molecule has 31 heavy (non-hydrogen) atoms. The average Bonchev–Trinajstić information content (AvgIpc) is 2.98. The van der Waals surface area contributed by atoms with Gasteiger partial charge in [-0.15, -0.1) is 0 Å². The quantitative estimate of drug-likeness (QED) is 0.576. The highest BCUT2D eigenvalue weighted by atomic mass is 16.4. The van der Waals surface area contributed by atoms with Gasteiger partial charge < -0.3 is 19.7 Å². The van der Waals surface area contributed by atoms with Crippen molar-refractivity contribution in [1.29, 1.82) is 0 Å². The van der Waals surface area contributed by atoms with Gasteiger partial charge in [-0.25, -0.2) is 4.79 Å². The number of anilines is 1. The van der Waals surface area contributed by atoms with Crippen LogP contribution in [0.1, 0.15) is 59.6 Å². The number of carbonyl (C=O) groups is 2. The monoisotopic (exact) mass is 420 g/mol. The number of amides is 1. The van der Waals surface area contributed by atoms with E-state index in [9.17, 15) is 14.7 Å². The van der Waals surface area contributed by atoms with Crippen LogP contribution in [-0.2, 0) is 11.3 Å². The zero-order valence-corrected chi connectivity index (χ0v) is 18.5. The summed E-state index contributed by atoms with van der Waals surface area (Å²) in [5.41, 5.74) is 5.40. The van der Waals surface area contributed by atoms with Crippen molar-refractivity contribution in [3.63, 3.8) is 0 Å². The predicted molar refractivity (Wildman–Crippen MR) is 121 cm³/mol. The van der Waals surface area contributed by atoms with Crippen molar-refractivity contribution in [1.82, 2.24) is 4.57 Å². The van der Waals surface area contributed by atoms with E-state index in [-0.39, 0.29) is 17.2 Å². The summed E-state index contributed by atoms with van der Waals surface area (Å²) < 4.78 is 1.95. The number of aromatic hydroxyl groups is 1. The third-order valence-electron chi connectivity index (χ3n) is 5.59. The van der Waals surface area contributed by atoms with Gasteiger partial charge in [0.15, 0.2) is 0 Å². The minimum Gasteiger partial charge on any atom is -0.507 e. The van der Waals surface area contributed by atoms with E-state index < -0.39 is 5.97 Å². The van der Waals surface area contributed by atoms with Gasteiger partial charge in [-0.2, -0.15) is 0 Å². The summed E-state index contributed by atoms with van der Waals surface area (Å²) in [7, 11) is 0. The fourth-order valence-electron chi connectivity index (χ4n) is 3.82. The normalized spacial score (nSPS) is 11.0. The van der Waals surface area contributed by atoms with Gasteiger partial charge in [0.25, 0.3) is 0 Å². The number of benzene rings is 2. The molecule has 6 heteroatoms. The zero-order valence-electron chi connectivity index (χ0n) is 18.5. The minimum absolute atomic E-state index is 0.0504. The molecule has 0 saturated heterocycles. The van der Waals surface area contributed by atoms with Crippen LogP contribution in [-0.4, -0.2) is 26.7 Å². The van der Waals surface area contributed by atoms with Gasteiger partial charge in [-0.3, -0.25) is 4.79 Å². The molecule has 0 aliphatic carbocycles. The number of nitrogens with zero attached hydrogens (tertiary/aromatic N) is 2. The van der Waals surface area contributed by atoms with E-state index in [0.717, 1.165) is 22.6 Å². The molecule has 0 spiro atoms. The number of carboxylic acids is 1. The Bertz CT molecular complexity index is 1130. The van der Waals surface area contributed by atoms with E-state index in [2.05, 4.69) is 13.8 Å². The van der Waals surface area contributed by atoms with E-state index >= 15 is 0 Å². The fourth-order valence-corrected chi connectivity index (χ4v) is 3.82. The molecule has 0 saturated carbocycles. The number of aromatic nitrogens is 1. The molecule has 3 aromatic rings. The summed E-state index contributed by atoms with van der Waals surface area (Å²) in [6.07, 6.45) is 0. The van der Waals surface area contributed by atoms with Crippen LogP contribution in [0.5, 0.6) is 5.75 Å². The van der Waals surface area contributed by atoms with E-state index in [1.54, 1.807) is 17.9 Å². The molecule has 0 aliphatic rings. The van der Waals surface area contributed by atoms with E-state index in [4.69, 9.17) is 5.11 Å². The number of aryl methyl sites for hydroxylation is 1. The van der Waals surface area contributed by atoms with Crippen molar-refractivity contribution < 1.29 is 19.8 Å². The summed E-state index contributed by atoms with van der Waals surface area (Å²) >= 11 is 0. The van der Waals surface area contributed by atoms with Gasteiger partial charge in [-0.1, -0.05) is 26.0 Å². The number of carboxylic acid groups (broad SMARTS) is 1. The van der Waals surface area contributed by atoms with Crippen LogP contribution < -0.4 is 4.90 Å². The van der Waals surface area contributed by atoms with Crippen LogP contribution in [0.25, 0.3) is 5.69 Å². The first kappa shape index (κ1) is 22.2. The molecule has 0 radical (unpaired) electrons. The average molecular weight is 421 g/mol. The summed E-state index contributed by atoms with van der Waals surface area (Å²) in [6.45, 7) is 10.1. The zero-order chi connectivity index (χ0) is 22.9. The molecule has 0 bridgehead atoms. The Labute approximate surface area is 182 Å². The van der Waals surface area contributed by atoms with E-state index in [1.165, 1.54) is 17.7 Å². The second-order valence-corrected chi connectivity index (χ2v) is 8.09. The SMILES string of the molecule is CC(=O)N(Cc1cc(C)n(-c2ccc(C(=O)O)c(O)c2)c1C)c1ccc(C(C)C)cc1. The molecule has 2 aromatic carbocycles. The van der Waals surface area contributed by atoms with Crippen LogP contribution in [0.3, 0.4) is 0 Å². The minimum atomic E-state index is -1.17. The highest BCUT2D eigenvalue weighted by Crippen LogP contribution is 2.28. The van der Waals surface area contributed by atoms with Crippen LogP contribution in [0, 0.1) is 13.8 Å². The molecule has 162 valence electrons. The molecule has 1 aromatic heterocycles. The van der Waals surface area contributed by atoms with Gasteiger partial charge in [0.1, 0.15) is 11.3 Å². The van der Waals surface area contributed by atoms with Crippen molar-refractivity contribution in [2.24, 2.45) is 0 Å². The predicted octanol–water partition coefficient (Wildman–Crippen LogP) is 5.17. The Kier molecular flexibility index (Phi) is 6.20. The Morgan fingerprint density at radius 1 is 1.03 bits per heavy atom. The largest absolute Gasteiger partial charge is 0.507 e. The Morgan fingerprint density at radius 2 is 1.68 bits per heavy atom. The highest BCUT2D eigenvalue weighted by molar-refractivity contribution is 5.92. The first-order chi connectivity index (χ1) is 14.6. The fraction of sp³-hybridized carbons (Fsp3) is 0.280. The van der Waals surface area contributed by atoms with Crippen molar-refractivity contribution in [3.05, 3.63) is 76.6 Å². The number of aromatic carboxylic acids is 1. The lowest BCUT2D eigenvalue weighted by atomic mass is 10.0. The second-order valence-electron chi connectivity index (χ2n) is 8.09. The van der Waals surface area contributed by atoms with Crippen molar-refractivity contribution in [3.8, 4) is 11.4 Å². The molecule has 0 fully saturated rings. The van der Waals surface area contributed by atoms with Gasteiger partial charge >= 0.3 is 5.97 Å². The number of carbonyl (C=O) groups excluding carboxylic acids is 1. The van der Waals surface area contributed by atoms with Gasteiger partial charge in [0.05, 0.1) is 6.54 Å². The molecule has 0 atom stereocenters. The van der Waals surface area contributed by atoms with Crippen molar-refractivity contribution in [2.45, 2.75) is 47.1 Å². The summed E-state index contributed by atoms with van der Waals surface area (Å²) in [6, 6.07) is 14.6. The number of hydrogen-bond donors (Lipinski definition) is 2. The lowest BCUT2D eigenvalue weighted by molar-refractivity contribution is -0.116. The topological polar surface area (TPSA) is 82.8 Å². The molecule has 3 rings (SSSR count). The van der Waals surface area contributed by atoms with Crippen LogP contribution >= 0.6 is 0 Å². The maximum Gasteiger partial charge on any atom is 0.339 e.